The molecule has 0 aliphatic carbocycles. The van der Waals surface area contributed by atoms with Crippen molar-refractivity contribution in [2.45, 2.75) is 13.8 Å². The highest BCUT2D eigenvalue weighted by Crippen LogP contribution is 2.25. The van der Waals surface area contributed by atoms with Crippen LogP contribution in [0.1, 0.15) is 13.8 Å². The molecule has 2 rings (SSSR count). The lowest BCUT2D eigenvalue weighted by Gasteiger charge is -2.14. The van der Waals surface area contributed by atoms with Crippen molar-refractivity contribution >= 4 is 32.7 Å². The lowest BCUT2D eigenvalue weighted by atomic mass is 10.3. The van der Waals surface area contributed by atoms with E-state index in [0.29, 0.717) is 16.7 Å². The van der Waals surface area contributed by atoms with Gasteiger partial charge in [0.1, 0.15) is 0 Å². The van der Waals surface area contributed by atoms with Crippen LogP contribution in [0.5, 0.6) is 0 Å². The van der Waals surface area contributed by atoms with Crippen LogP contribution in [-0.4, -0.2) is 18.4 Å². The molecule has 0 saturated carbocycles. The second-order valence-corrected chi connectivity index (χ2v) is 7.48. The van der Waals surface area contributed by atoms with Gasteiger partial charge < -0.3 is 5.32 Å². The maximum atomic E-state index is 13.0. The molecule has 0 aliphatic rings. The van der Waals surface area contributed by atoms with E-state index in [1.54, 1.807) is 55.5 Å². The molecule has 2 N–H and O–H groups in total. The second-order valence-electron chi connectivity index (χ2n) is 5.80. The van der Waals surface area contributed by atoms with Gasteiger partial charge in [0.05, 0.1) is 15.9 Å². The molecule has 150 valence electrons. The minimum Gasteiger partial charge on any atom is -0.337 e. The van der Waals surface area contributed by atoms with Crippen LogP contribution in [0.3, 0.4) is 0 Å². The summed E-state index contributed by atoms with van der Waals surface area (Å²) in [5, 5.41) is 3.05. The lowest BCUT2D eigenvalue weighted by Crippen LogP contribution is -2.17. The summed E-state index contributed by atoms with van der Waals surface area (Å²) >= 11 is 0. The van der Waals surface area contributed by atoms with Crippen molar-refractivity contribution in [2.24, 2.45) is 0 Å². The van der Waals surface area contributed by atoms with Crippen molar-refractivity contribution in [1.29, 1.82) is 0 Å². The van der Waals surface area contributed by atoms with Gasteiger partial charge in [-0.25, -0.2) is 18.4 Å². The first-order valence-electron chi connectivity index (χ1n) is 8.92. The predicted octanol–water partition coefficient (Wildman–Crippen LogP) is 5.08. The zero-order chi connectivity index (χ0) is 21.3. The second kappa shape index (κ2) is 10.2. The third kappa shape index (κ3) is 5.76. The van der Waals surface area contributed by atoms with Crippen LogP contribution in [0.15, 0.2) is 96.6 Å². The van der Waals surface area contributed by atoms with Gasteiger partial charge in [0, 0.05) is 5.70 Å². The van der Waals surface area contributed by atoms with Gasteiger partial charge >= 0.3 is 0 Å². The van der Waals surface area contributed by atoms with Gasteiger partial charge in [-0.2, -0.15) is 0 Å². The first-order chi connectivity index (χ1) is 13.9. The van der Waals surface area contributed by atoms with Gasteiger partial charge in [0.15, 0.2) is 11.6 Å². The molecule has 0 unspecified atom stereocenters. The van der Waals surface area contributed by atoms with Crippen LogP contribution < -0.4 is 10.0 Å². The maximum Gasteiger partial charge on any atom is 0.263 e. The average Bonchev–Trinajstić information content (AvgIpc) is 2.70. The standard InChI is InChI=1S/C22H24N4O2S/c1-5-9-14-18(13-7-3)29(27,28)26-22-21(23-17(8-4)12-6-2)24-19-15-10-11-16-20(19)25-22/h5-16H,2,4H2,1,3H3,(H,23,24)(H,25,26)/b9-5-,13-7-,17-12+,18-14+. The minimum absolute atomic E-state index is 0.0800. The number of benzene rings is 1. The molecule has 0 spiro atoms. The molecule has 6 nitrogen and oxygen atoms in total. The fraction of sp³-hybridized carbons (Fsp3) is 0.0909. The summed E-state index contributed by atoms with van der Waals surface area (Å²) < 4.78 is 28.4. The molecular weight excluding hydrogens is 384 g/mol. The summed E-state index contributed by atoms with van der Waals surface area (Å²) in [5.41, 5.74) is 1.79. The Morgan fingerprint density at radius 1 is 1.00 bits per heavy atom. The Balaban J connectivity index is 2.60. The Morgan fingerprint density at radius 2 is 1.66 bits per heavy atom. The van der Waals surface area contributed by atoms with Crippen molar-refractivity contribution in [3.05, 3.63) is 96.6 Å². The smallest absolute Gasteiger partial charge is 0.263 e. The third-order valence-corrected chi connectivity index (χ3v) is 5.03. The van der Waals surface area contributed by atoms with Gasteiger partial charge in [-0.05, 0) is 50.3 Å². The molecule has 1 heterocycles. The molecule has 0 amide bonds. The summed E-state index contributed by atoms with van der Waals surface area (Å²) in [7, 11) is -3.89. The van der Waals surface area contributed by atoms with E-state index in [0.717, 1.165) is 0 Å². The van der Waals surface area contributed by atoms with Crippen LogP contribution >= 0.6 is 0 Å². The summed E-state index contributed by atoms with van der Waals surface area (Å²) in [6.07, 6.45) is 12.9. The van der Waals surface area contributed by atoms with E-state index in [4.69, 9.17) is 0 Å². The Hall–Kier alpha value is -3.45. The van der Waals surface area contributed by atoms with Gasteiger partial charge in [-0.15, -0.1) is 0 Å². The highest BCUT2D eigenvalue weighted by Gasteiger charge is 2.19. The van der Waals surface area contributed by atoms with Crippen molar-refractivity contribution in [3.8, 4) is 0 Å². The van der Waals surface area contributed by atoms with Crippen LogP contribution in [0.25, 0.3) is 11.0 Å². The van der Waals surface area contributed by atoms with E-state index in [-0.39, 0.29) is 16.5 Å². The summed E-state index contributed by atoms with van der Waals surface area (Å²) in [5.74, 6) is 0.336. The Morgan fingerprint density at radius 3 is 2.21 bits per heavy atom. The number of aromatic nitrogens is 2. The zero-order valence-corrected chi connectivity index (χ0v) is 17.3. The quantitative estimate of drug-likeness (QED) is 0.566. The lowest BCUT2D eigenvalue weighted by molar-refractivity contribution is 0.607. The first kappa shape index (κ1) is 21.8. The number of fused-ring (bicyclic) bond motifs is 1. The third-order valence-electron chi connectivity index (χ3n) is 3.68. The minimum atomic E-state index is -3.89. The van der Waals surface area contributed by atoms with Gasteiger partial charge in [0.2, 0.25) is 0 Å². The molecule has 0 atom stereocenters. The van der Waals surface area contributed by atoms with Crippen LogP contribution in [0, 0.1) is 0 Å². The molecule has 29 heavy (non-hydrogen) atoms. The topological polar surface area (TPSA) is 84.0 Å². The van der Waals surface area contributed by atoms with Crippen molar-refractivity contribution in [2.75, 3.05) is 10.0 Å². The van der Waals surface area contributed by atoms with Crippen molar-refractivity contribution in [1.82, 2.24) is 9.97 Å². The number of para-hydroxylation sites is 2. The molecule has 1 aromatic carbocycles. The molecule has 2 aromatic rings. The summed E-state index contributed by atoms with van der Waals surface area (Å²) in [6, 6.07) is 7.21. The first-order valence-corrected chi connectivity index (χ1v) is 10.4. The van der Waals surface area contributed by atoms with E-state index in [1.807, 2.05) is 19.1 Å². The highest BCUT2D eigenvalue weighted by molar-refractivity contribution is 7.96. The summed E-state index contributed by atoms with van der Waals surface area (Å²) in [4.78, 5) is 9.08. The molecule has 0 bridgehead atoms. The van der Waals surface area contributed by atoms with Crippen LogP contribution in [0.2, 0.25) is 0 Å². The molecule has 7 heteroatoms. The normalized spacial score (nSPS) is 13.2. The molecule has 1 aromatic heterocycles. The number of nitrogens with zero attached hydrogens (tertiary/aromatic N) is 2. The maximum absolute atomic E-state index is 13.0. The predicted molar refractivity (Wildman–Crippen MR) is 122 cm³/mol. The highest BCUT2D eigenvalue weighted by atomic mass is 32.2. The number of sulfonamides is 1. The van der Waals surface area contributed by atoms with Crippen molar-refractivity contribution in [3.63, 3.8) is 0 Å². The number of hydrogen-bond donors (Lipinski definition) is 2. The molecular formula is C22H24N4O2S. The largest absolute Gasteiger partial charge is 0.337 e. The molecule has 0 fully saturated rings. The molecule has 0 saturated heterocycles. The fourth-order valence-corrected chi connectivity index (χ4v) is 3.45. The number of hydrogen-bond acceptors (Lipinski definition) is 5. The number of nitrogens with one attached hydrogen (secondary N) is 2. The monoisotopic (exact) mass is 408 g/mol. The van der Waals surface area contributed by atoms with E-state index >= 15 is 0 Å². The van der Waals surface area contributed by atoms with Gasteiger partial charge in [0.25, 0.3) is 10.0 Å². The Kier molecular flexibility index (Phi) is 7.68. The van der Waals surface area contributed by atoms with E-state index < -0.39 is 10.0 Å². The van der Waals surface area contributed by atoms with Crippen LogP contribution in [0.4, 0.5) is 11.6 Å². The molecule has 0 radical (unpaired) electrons. The summed E-state index contributed by atoms with van der Waals surface area (Å²) in [6.45, 7) is 11.0. The number of rotatable bonds is 9. The Labute approximate surface area is 171 Å². The Bertz CT molecular complexity index is 1130. The number of anilines is 2. The van der Waals surface area contributed by atoms with E-state index in [1.165, 1.54) is 12.2 Å². The van der Waals surface area contributed by atoms with Gasteiger partial charge in [-0.3, -0.25) is 4.72 Å². The van der Waals surface area contributed by atoms with E-state index in [2.05, 4.69) is 33.2 Å². The van der Waals surface area contributed by atoms with Crippen molar-refractivity contribution < 1.29 is 8.42 Å². The fourth-order valence-electron chi connectivity index (χ4n) is 2.36. The van der Waals surface area contributed by atoms with E-state index in [9.17, 15) is 8.42 Å². The van der Waals surface area contributed by atoms with Gasteiger partial charge in [-0.1, -0.05) is 49.6 Å². The van der Waals surface area contributed by atoms with Crippen LogP contribution in [-0.2, 0) is 10.0 Å². The zero-order valence-electron chi connectivity index (χ0n) is 16.5. The molecule has 0 aliphatic heterocycles. The number of allylic oxidation sites excluding steroid dienone is 8. The SMILES string of the molecule is C=C/C=C(\C=C)Nc1nc2ccccc2nc1NS(=O)(=O)C(/C=C\C)=C/C=C\C. The average molecular weight is 409 g/mol.